The largest absolute Gasteiger partial charge is 0.398 e. The van der Waals surface area contributed by atoms with E-state index >= 15 is 0 Å². The number of rotatable bonds is 2. The van der Waals surface area contributed by atoms with Gasteiger partial charge in [0.25, 0.3) is 5.91 Å². The lowest BCUT2D eigenvalue weighted by Crippen LogP contribution is -2.35. The highest BCUT2D eigenvalue weighted by Gasteiger charge is 2.29. The van der Waals surface area contributed by atoms with Crippen molar-refractivity contribution in [2.75, 3.05) is 17.2 Å². The van der Waals surface area contributed by atoms with Crippen LogP contribution in [0.1, 0.15) is 16.8 Å². The van der Waals surface area contributed by atoms with E-state index in [1.54, 1.807) is 12.1 Å². The third kappa shape index (κ3) is 2.94. The number of carbonyl (C=O) groups excluding carboxylic acids is 1. The molecule has 5 nitrogen and oxygen atoms in total. The van der Waals surface area contributed by atoms with E-state index in [2.05, 4.69) is 5.32 Å². The predicted octanol–water partition coefficient (Wildman–Crippen LogP) is 0.839. The van der Waals surface area contributed by atoms with Crippen molar-refractivity contribution < 1.29 is 13.2 Å². The minimum atomic E-state index is -3.01. The van der Waals surface area contributed by atoms with Gasteiger partial charge in [0, 0.05) is 16.8 Å². The molecule has 18 heavy (non-hydrogen) atoms. The van der Waals surface area contributed by atoms with Crippen molar-refractivity contribution in [3.05, 3.63) is 28.8 Å². The molecule has 0 aliphatic carbocycles. The molecule has 7 heteroatoms. The molecular formula is C11H13ClN2O3S. The number of nitrogens with two attached hydrogens (primary N) is 1. The molecule has 1 fully saturated rings. The summed E-state index contributed by atoms with van der Waals surface area (Å²) < 4.78 is 22.6. The van der Waals surface area contributed by atoms with Crippen LogP contribution >= 0.6 is 11.6 Å². The molecule has 3 N–H and O–H groups in total. The first-order chi connectivity index (χ1) is 8.37. The van der Waals surface area contributed by atoms with Crippen LogP contribution in [0.5, 0.6) is 0 Å². The number of nitrogen functional groups attached to an aromatic ring is 1. The summed E-state index contributed by atoms with van der Waals surface area (Å²) in [6.45, 7) is 0. The Morgan fingerprint density at radius 2 is 2.17 bits per heavy atom. The third-order valence-electron chi connectivity index (χ3n) is 2.83. The Hall–Kier alpha value is -1.27. The molecular weight excluding hydrogens is 276 g/mol. The highest BCUT2D eigenvalue weighted by atomic mass is 35.5. The predicted molar refractivity (Wildman–Crippen MR) is 70.4 cm³/mol. The minimum Gasteiger partial charge on any atom is -0.398 e. The monoisotopic (exact) mass is 288 g/mol. The van der Waals surface area contributed by atoms with Gasteiger partial charge in [-0.05, 0) is 24.6 Å². The number of benzene rings is 1. The van der Waals surface area contributed by atoms with Crippen molar-refractivity contribution in [2.45, 2.75) is 12.5 Å². The Balaban J connectivity index is 2.11. The van der Waals surface area contributed by atoms with Crippen molar-refractivity contribution in [1.29, 1.82) is 0 Å². The standard InChI is InChI=1S/C11H13ClN2O3S/c12-7-1-2-10(13)9(5-7)11(15)14-8-3-4-18(16,17)6-8/h1-2,5,8H,3-4,6,13H2,(H,14,15). The quantitative estimate of drug-likeness (QED) is 0.789. The van der Waals surface area contributed by atoms with Crippen LogP contribution < -0.4 is 11.1 Å². The van der Waals surface area contributed by atoms with Gasteiger partial charge < -0.3 is 11.1 Å². The summed E-state index contributed by atoms with van der Waals surface area (Å²) in [6.07, 6.45) is 0.439. The molecule has 98 valence electrons. The van der Waals surface area contributed by atoms with Gasteiger partial charge in [0.15, 0.2) is 9.84 Å². The van der Waals surface area contributed by atoms with E-state index < -0.39 is 15.7 Å². The van der Waals surface area contributed by atoms with Crippen molar-refractivity contribution in [3.63, 3.8) is 0 Å². The molecule has 1 aromatic carbocycles. The summed E-state index contributed by atoms with van der Waals surface area (Å²) in [5.41, 5.74) is 6.27. The highest BCUT2D eigenvalue weighted by molar-refractivity contribution is 7.91. The fourth-order valence-corrected chi connectivity index (χ4v) is 3.74. The number of anilines is 1. The molecule has 0 bridgehead atoms. The van der Waals surface area contributed by atoms with Gasteiger partial charge in [-0.1, -0.05) is 11.6 Å². The van der Waals surface area contributed by atoms with Crippen LogP contribution in [0.25, 0.3) is 0 Å². The lowest BCUT2D eigenvalue weighted by molar-refractivity contribution is 0.0942. The Morgan fingerprint density at radius 3 is 2.78 bits per heavy atom. The number of amides is 1. The minimum absolute atomic E-state index is 0.0147. The topological polar surface area (TPSA) is 89.3 Å². The van der Waals surface area contributed by atoms with Gasteiger partial charge in [0.2, 0.25) is 0 Å². The van der Waals surface area contributed by atoms with Gasteiger partial charge >= 0.3 is 0 Å². The zero-order valence-corrected chi connectivity index (χ0v) is 11.1. The molecule has 1 aliphatic rings. The van der Waals surface area contributed by atoms with Gasteiger partial charge in [0.1, 0.15) is 0 Å². The van der Waals surface area contributed by atoms with Crippen LogP contribution in [0.15, 0.2) is 18.2 Å². The van der Waals surface area contributed by atoms with E-state index in [1.165, 1.54) is 6.07 Å². The molecule has 1 unspecified atom stereocenters. The zero-order valence-electron chi connectivity index (χ0n) is 9.52. The summed E-state index contributed by atoms with van der Waals surface area (Å²) in [5, 5.41) is 3.07. The van der Waals surface area contributed by atoms with E-state index in [0.29, 0.717) is 17.1 Å². The molecule has 1 aromatic rings. The SMILES string of the molecule is Nc1ccc(Cl)cc1C(=O)NC1CCS(=O)(=O)C1. The van der Waals surface area contributed by atoms with Crippen LogP contribution in [-0.2, 0) is 9.84 Å². The maximum absolute atomic E-state index is 11.9. The Labute approximate surface area is 110 Å². The van der Waals surface area contributed by atoms with Crippen molar-refractivity contribution in [1.82, 2.24) is 5.32 Å². The van der Waals surface area contributed by atoms with Crippen LogP contribution in [0.2, 0.25) is 5.02 Å². The number of nitrogens with one attached hydrogen (secondary N) is 1. The lowest BCUT2D eigenvalue weighted by Gasteiger charge is -2.12. The fraction of sp³-hybridized carbons (Fsp3) is 0.364. The van der Waals surface area contributed by atoms with Gasteiger partial charge in [-0.15, -0.1) is 0 Å². The first-order valence-corrected chi connectivity index (χ1v) is 7.64. The molecule has 1 aliphatic heterocycles. The van der Waals surface area contributed by atoms with Crippen molar-refractivity contribution in [3.8, 4) is 0 Å². The first-order valence-electron chi connectivity index (χ1n) is 5.44. The first kappa shape index (κ1) is 13.2. The average molecular weight is 289 g/mol. The van der Waals surface area contributed by atoms with Gasteiger partial charge in [-0.3, -0.25) is 4.79 Å². The summed E-state index contributed by atoms with van der Waals surface area (Å²) in [6, 6.07) is 4.26. The molecule has 2 rings (SSSR count). The lowest BCUT2D eigenvalue weighted by atomic mass is 10.1. The third-order valence-corrected chi connectivity index (χ3v) is 4.83. The second kappa shape index (κ2) is 4.78. The average Bonchev–Trinajstić information content (AvgIpc) is 2.61. The Morgan fingerprint density at radius 1 is 1.44 bits per heavy atom. The number of carbonyl (C=O) groups is 1. The van der Waals surface area contributed by atoms with Crippen molar-refractivity contribution >= 4 is 33.0 Å². The molecule has 0 aromatic heterocycles. The van der Waals surface area contributed by atoms with E-state index in [4.69, 9.17) is 17.3 Å². The van der Waals surface area contributed by atoms with Gasteiger partial charge in [-0.2, -0.15) is 0 Å². The maximum atomic E-state index is 11.9. The highest BCUT2D eigenvalue weighted by Crippen LogP contribution is 2.19. The van der Waals surface area contributed by atoms with E-state index in [0.717, 1.165) is 0 Å². The summed E-state index contributed by atoms with van der Waals surface area (Å²) in [5.74, 6) is -0.292. The number of halogens is 1. The number of sulfone groups is 1. The molecule has 1 atom stereocenters. The van der Waals surface area contributed by atoms with Crippen LogP contribution in [0, 0.1) is 0 Å². The van der Waals surface area contributed by atoms with E-state index in [-0.39, 0.29) is 23.1 Å². The Bertz CT molecular complexity index is 586. The van der Waals surface area contributed by atoms with Gasteiger partial charge in [0.05, 0.1) is 17.1 Å². The number of hydrogen-bond acceptors (Lipinski definition) is 4. The van der Waals surface area contributed by atoms with Crippen LogP contribution in [-0.4, -0.2) is 31.9 Å². The zero-order chi connectivity index (χ0) is 13.3. The van der Waals surface area contributed by atoms with Gasteiger partial charge in [-0.25, -0.2) is 8.42 Å². The van der Waals surface area contributed by atoms with Crippen LogP contribution in [0.4, 0.5) is 5.69 Å². The molecule has 1 amide bonds. The molecule has 0 saturated carbocycles. The molecule has 0 radical (unpaired) electrons. The van der Waals surface area contributed by atoms with E-state index in [1.807, 2.05) is 0 Å². The fourth-order valence-electron chi connectivity index (χ4n) is 1.90. The normalized spacial score (nSPS) is 21.7. The van der Waals surface area contributed by atoms with Crippen molar-refractivity contribution in [2.24, 2.45) is 0 Å². The molecule has 1 saturated heterocycles. The van der Waals surface area contributed by atoms with Crippen LogP contribution in [0.3, 0.4) is 0 Å². The van der Waals surface area contributed by atoms with E-state index in [9.17, 15) is 13.2 Å². The Kier molecular flexibility index (Phi) is 3.49. The summed E-state index contributed by atoms with van der Waals surface area (Å²) >= 11 is 5.79. The molecule has 1 heterocycles. The number of hydrogen-bond donors (Lipinski definition) is 2. The molecule has 0 spiro atoms. The summed E-state index contributed by atoms with van der Waals surface area (Å²) in [7, 11) is -3.01. The summed E-state index contributed by atoms with van der Waals surface area (Å²) in [4.78, 5) is 11.9. The smallest absolute Gasteiger partial charge is 0.253 e. The maximum Gasteiger partial charge on any atom is 0.253 e. The second-order valence-corrected chi connectivity index (χ2v) is 6.97. The second-order valence-electron chi connectivity index (χ2n) is 4.30.